The molecule has 1 aromatic carbocycles. The molecule has 0 fully saturated rings. The fourth-order valence-electron chi connectivity index (χ4n) is 2.09. The van der Waals surface area contributed by atoms with Crippen molar-refractivity contribution in [1.82, 2.24) is 10.3 Å². The smallest absolute Gasteiger partial charge is 0.239 e. The zero-order valence-corrected chi connectivity index (χ0v) is 12.3. The monoisotopic (exact) mass is 282 g/mol. The molecule has 0 saturated heterocycles. The molecule has 0 aliphatic heterocycles. The summed E-state index contributed by atoms with van der Waals surface area (Å²) in [5.74, 6) is 0.459. The highest BCUT2D eigenvalue weighted by Crippen LogP contribution is 2.22. The predicted octanol–water partition coefficient (Wildman–Crippen LogP) is 2.07. The van der Waals surface area contributed by atoms with E-state index in [9.17, 15) is 10.1 Å². The summed E-state index contributed by atoms with van der Waals surface area (Å²) in [4.78, 5) is 18.0. The fourth-order valence-corrected chi connectivity index (χ4v) is 2.09. The van der Waals surface area contributed by atoms with E-state index in [1.165, 1.54) is 0 Å². The van der Waals surface area contributed by atoms with E-state index in [0.717, 1.165) is 17.3 Å². The Labute approximate surface area is 124 Å². The molecule has 21 heavy (non-hydrogen) atoms. The lowest BCUT2D eigenvalue weighted by atomic mass is 10.1. The zero-order valence-electron chi connectivity index (χ0n) is 12.3. The molecule has 2 aromatic rings. The van der Waals surface area contributed by atoms with E-state index in [1.54, 1.807) is 18.0 Å². The van der Waals surface area contributed by atoms with Gasteiger partial charge in [0, 0.05) is 19.0 Å². The van der Waals surface area contributed by atoms with Gasteiger partial charge < -0.3 is 10.2 Å². The van der Waals surface area contributed by atoms with Gasteiger partial charge in [0.05, 0.1) is 17.6 Å². The van der Waals surface area contributed by atoms with Gasteiger partial charge in [0.2, 0.25) is 5.91 Å². The predicted molar refractivity (Wildman–Crippen MR) is 83.0 cm³/mol. The lowest BCUT2D eigenvalue weighted by Crippen LogP contribution is -2.36. The van der Waals surface area contributed by atoms with Gasteiger partial charge in [0.25, 0.3) is 0 Å². The first-order valence-corrected chi connectivity index (χ1v) is 6.93. The summed E-state index contributed by atoms with van der Waals surface area (Å²) >= 11 is 0. The van der Waals surface area contributed by atoms with Crippen LogP contribution >= 0.6 is 0 Å². The van der Waals surface area contributed by atoms with E-state index in [1.807, 2.05) is 31.2 Å². The molecule has 2 rings (SSSR count). The van der Waals surface area contributed by atoms with Crippen molar-refractivity contribution < 1.29 is 4.79 Å². The number of para-hydroxylation sites is 1. The number of nitrogens with zero attached hydrogens (tertiary/aromatic N) is 3. The average molecular weight is 282 g/mol. The Bertz CT molecular complexity index is 690. The van der Waals surface area contributed by atoms with Crippen molar-refractivity contribution in [2.75, 3.05) is 25.0 Å². The van der Waals surface area contributed by atoms with Crippen molar-refractivity contribution >= 4 is 22.6 Å². The van der Waals surface area contributed by atoms with Gasteiger partial charge in [-0.2, -0.15) is 5.26 Å². The normalized spacial score (nSPS) is 10.1. The first-order chi connectivity index (χ1) is 10.2. The summed E-state index contributed by atoms with van der Waals surface area (Å²) in [6.45, 7) is 2.84. The van der Waals surface area contributed by atoms with Crippen molar-refractivity contribution in [1.29, 1.82) is 5.26 Å². The van der Waals surface area contributed by atoms with E-state index >= 15 is 0 Å². The number of carbonyl (C=O) groups excluding carboxylic acids is 1. The molecular weight excluding hydrogens is 264 g/mol. The third-order valence-corrected chi connectivity index (χ3v) is 3.14. The molecule has 0 saturated carbocycles. The summed E-state index contributed by atoms with van der Waals surface area (Å²) < 4.78 is 0. The van der Waals surface area contributed by atoms with Gasteiger partial charge in [-0.3, -0.25) is 4.79 Å². The van der Waals surface area contributed by atoms with Crippen LogP contribution in [-0.4, -0.2) is 31.0 Å². The van der Waals surface area contributed by atoms with Crippen LogP contribution in [0.2, 0.25) is 0 Å². The second kappa shape index (κ2) is 6.71. The molecule has 0 bridgehead atoms. The van der Waals surface area contributed by atoms with Crippen molar-refractivity contribution in [3.63, 3.8) is 0 Å². The number of carbonyl (C=O) groups is 1. The van der Waals surface area contributed by atoms with E-state index < -0.39 is 0 Å². The van der Waals surface area contributed by atoms with Gasteiger partial charge in [-0.1, -0.05) is 25.1 Å². The Kier molecular flexibility index (Phi) is 4.72. The van der Waals surface area contributed by atoms with E-state index in [2.05, 4.69) is 16.4 Å². The minimum absolute atomic E-state index is 0.0711. The van der Waals surface area contributed by atoms with Crippen LogP contribution < -0.4 is 10.2 Å². The number of rotatable bonds is 5. The standard InChI is InChI=1S/C16H18N4O/c1-3-8-18-15(21)11-20(2)16-13(10-17)9-12-6-4-5-7-14(12)19-16/h4-7,9H,3,8,11H2,1-2H3,(H,18,21). The number of nitrogens with one attached hydrogen (secondary N) is 1. The molecular formula is C16H18N4O. The molecule has 1 amide bonds. The van der Waals surface area contributed by atoms with Crippen LogP contribution in [0.5, 0.6) is 0 Å². The molecule has 0 spiro atoms. The molecule has 0 aliphatic carbocycles. The number of nitriles is 1. The van der Waals surface area contributed by atoms with Gasteiger partial charge >= 0.3 is 0 Å². The molecule has 1 N–H and O–H groups in total. The van der Waals surface area contributed by atoms with Gasteiger partial charge in [0.1, 0.15) is 11.9 Å². The maximum absolute atomic E-state index is 11.8. The summed E-state index contributed by atoms with van der Waals surface area (Å²) in [7, 11) is 1.77. The molecule has 0 aliphatic rings. The number of amides is 1. The minimum atomic E-state index is -0.0711. The van der Waals surface area contributed by atoms with E-state index in [4.69, 9.17) is 0 Å². The SMILES string of the molecule is CCCNC(=O)CN(C)c1nc2ccccc2cc1C#N. The van der Waals surface area contributed by atoms with Crippen molar-refractivity contribution in [3.05, 3.63) is 35.9 Å². The fraction of sp³-hybridized carbons (Fsp3) is 0.312. The summed E-state index contributed by atoms with van der Waals surface area (Å²) in [6.07, 6.45) is 0.896. The Morgan fingerprint density at radius 1 is 1.43 bits per heavy atom. The number of aromatic nitrogens is 1. The van der Waals surface area contributed by atoms with Crippen LogP contribution in [0.4, 0.5) is 5.82 Å². The zero-order chi connectivity index (χ0) is 15.2. The highest BCUT2D eigenvalue weighted by Gasteiger charge is 2.13. The number of likely N-dealkylation sites (N-methyl/N-ethyl adjacent to an activating group) is 1. The largest absolute Gasteiger partial charge is 0.355 e. The van der Waals surface area contributed by atoms with Crippen molar-refractivity contribution in [3.8, 4) is 6.07 Å². The van der Waals surface area contributed by atoms with Gasteiger partial charge in [-0.05, 0) is 18.6 Å². The van der Waals surface area contributed by atoms with E-state index in [-0.39, 0.29) is 12.5 Å². The van der Waals surface area contributed by atoms with Crippen LogP contribution in [-0.2, 0) is 4.79 Å². The highest BCUT2D eigenvalue weighted by molar-refractivity contribution is 5.85. The second-order valence-electron chi connectivity index (χ2n) is 4.87. The molecule has 1 aromatic heterocycles. The molecule has 0 atom stereocenters. The molecule has 108 valence electrons. The van der Waals surface area contributed by atoms with Gasteiger partial charge in [-0.25, -0.2) is 4.98 Å². The summed E-state index contributed by atoms with van der Waals surface area (Å²) in [6, 6.07) is 11.6. The minimum Gasteiger partial charge on any atom is -0.355 e. The number of anilines is 1. The van der Waals surface area contributed by atoms with Crippen LogP contribution in [0.25, 0.3) is 10.9 Å². The maximum atomic E-state index is 11.8. The lowest BCUT2D eigenvalue weighted by Gasteiger charge is -2.19. The Morgan fingerprint density at radius 2 is 2.19 bits per heavy atom. The number of fused-ring (bicyclic) bond motifs is 1. The molecule has 5 heteroatoms. The van der Waals surface area contributed by atoms with Crippen molar-refractivity contribution in [2.45, 2.75) is 13.3 Å². The second-order valence-corrected chi connectivity index (χ2v) is 4.87. The number of hydrogen-bond donors (Lipinski definition) is 1. The Balaban J connectivity index is 2.27. The first-order valence-electron chi connectivity index (χ1n) is 6.93. The van der Waals surface area contributed by atoms with E-state index in [0.29, 0.717) is 17.9 Å². The number of benzene rings is 1. The maximum Gasteiger partial charge on any atom is 0.239 e. The van der Waals surface area contributed by atoms with Crippen LogP contribution in [0.3, 0.4) is 0 Å². The first kappa shape index (κ1) is 14.8. The lowest BCUT2D eigenvalue weighted by molar-refractivity contribution is -0.119. The Morgan fingerprint density at radius 3 is 2.90 bits per heavy atom. The van der Waals surface area contributed by atoms with Crippen LogP contribution in [0.15, 0.2) is 30.3 Å². The summed E-state index contributed by atoms with van der Waals surface area (Å²) in [5, 5.41) is 13.0. The van der Waals surface area contributed by atoms with Gasteiger partial charge in [-0.15, -0.1) is 0 Å². The van der Waals surface area contributed by atoms with Crippen LogP contribution in [0, 0.1) is 11.3 Å². The number of pyridine rings is 1. The molecule has 1 heterocycles. The molecule has 5 nitrogen and oxygen atoms in total. The molecule has 0 unspecified atom stereocenters. The summed E-state index contributed by atoms with van der Waals surface area (Å²) in [5.41, 5.74) is 1.28. The van der Waals surface area contributed by atoms with Crippen LogP contribution in [0.1, 0.15) is 18.9 Å². The topological polar surface area (TPSA) is 69.0 Å². The number of hydrogen-bond acceptors (Lipinski definition) is 4. The highest BCUT2D eigenvalue weighted by atomic mass is 16.2. The molecule has 0 radical (unpaired) electrons. The van der Waals surface area contributed by atoms with Crippen molar-refractivity contribution in [2.24, 2.45) is 0 Å². The third-order valence-electron chi connectivity index (χ3n) is 3.14. The third kappa shape index (κ3) is 3.48. The Hall–Kier alpha value is -2.61. The quantitative estimate of drug-likeness (QED) is 0.911. The average Bonchev–Trinajstić information content (AvgIpc) is 2.51. The van der Waals surface area contributed by atoms with Gasteiger partial charge in [0.15, 0.2) is 0 Å².